The molecule has 1 aromatic heterocycles. The normalized spacial score (nSPS) is 12.1. The van der Waals surface area contributed by atoms with Crippen LogP contribution in [-0.2, 0) is 0 Å². The van der Waals surface area contributed by atoms with Crippen molar-refractivity contribution in [1.82, 2.24) is 4.98 Å². The Morgan fingerprint density at radius 1 is 1.56 bits per heavy atom. The van der Waals surface area contributed by atoms with Crippen LogP contribution in [0.3, 0.4) is 0 Å². The second-order valence-corrected chi connectivity index (χ2v) is 4.39. The maximum Gasteiger partial charge on any atom is 0.213 e. The molecule has 4 heteroatoms. The molecule has 1 heterocycles. The highest BCUT2D eigenvalue weighted by Gasteiger charge is 2.03. The van der Waals surface area contributed by atoms with Gasteiger partial charge in [-0.1, -0.05) is 32.5 Å². The fourth-order valence-electron chi connectivity index (χ4n) is 1.42. The number of hydrogen-bond acceptors (Lipinski definition) is 3. The summed E-state index contributed by atoms with van der Waals surface area (Å²) < 4.78 is 5.56. The van der Waals surface area contributed by atoms with Crippen LogP contribution < -0.4 is 10.5 Å². The van der Waals surface area contributed by atoms with Gasteiger partial charge in [0, 0.05) is 17.8 Å². The molecule has 0 bridgehead atoms. The van der Waals surface area contributed by atoms with Crippen LogP contribution in [0.2, 0.25) is 0 Å². The third kappa shape index (κ3) is 4.14. The molecule has 0 radical (unpaired) electrons. The third-order valence-corrected chi connectivity index (χ3v) is 2.55. The molecule has 0 amide bonds. The molecule has 0 aliphatic rings. The number of nitrogens with two attached hydrogens (primary N) is 1. The molecule has 0 fully saturated rings. The Morgan fingerprint density at radius 3 is 2.81 bits per heavy atom. The Hall–Kier alpha value is -1.16. The molecule has 88 valence electrons. The molecule has 2 N–H and O–H groups in total. The van der Waals surface area contributed by atoms with Gasteiger partial charge in [-0.05, 0) is 18.4 Å². The minimum Gasteiger partial charge on any atom is -0.477 e. The standard InChI is InChI=1S/C12H18N2OS/c1-3-4-9(2)8-15-11-6-5-10(7-14-11)12(13)16/h5-7,9H,3-4,8H2,1-2H3,(H2,13,16). The quantitative estimate of drug-likeness (QED) is 0.774. The van der Waals surface area contributed by atoms with Crippen molar-refractivity contribution in [3.8, 4) is 5.88 Å². The molecule has 3 nitrogen and oxygen atoms in total. The molecule has 0 aliphatic carbocycles. The zero-order valence-electron chi connectivity index (χ0n) is 9.77. The van der Waals surface area contributed by atoms with Crippen molar-refractivity contribution in [2.24, 2.45) is 11.7 Å². The van der Waals surface area contributed by atoms with Gasteiger partial charge in [-0.2, -0.15) is 0 Å². The highest BCUT2D eigenvalue weighted by Crippen LogP contribution is 2.11. The smallest absolute Gasteiger partial charge is 0.213 e. The van der Waals surface area contributed by atoms with Crippen LogP contribution in [0.5, 0.6) is 5.88 Å². The maximum atomic E-state index is 5.56. The van der Waals surface area contributed by atoms with Crippen LogP contribution >= 0.6 is 12.2 Å². The molecule has 1 unspecified atom stereocenters. The first kappa shape index (κ1) is 12.9. The number of ether oxygens (including phenoxy) is 1. The summed E-state index contributed by atoms with van der Waals surface area (Å²) in [5, 5.41) is 0. The zero-order chi connectivity index (χ0) is 12.0. The van der Waals surface area contributed by atoms with E-state index in [0.717, 1.165) is 5.56 Å². The molecule has 1 atom stereocenters. The lowest BCUT2D eigenvalue weighted by molar-refractivity contribution is 0.243. The van der Waals surface area contributed by atoms with Crippen LogP contribution in [0.1, 0.15) is 32.3 Å². The van der Waals surface area contributed by atoms with Crippen LogP contribution in [0, 0.1) is 5.92 Å². The molecule has 1 aromatic rings. The van der Waals surface area contributed by atoms with Crippen LogP contribution in [-0.4, -0.2) is 16.6 Å². The first-order valence-electron chi connectivity index (χ1n) is 5.52. The number of pyridine rings is 1. The lowest BCUT2D eigenvalue weighted by atomic mass is 10.1. The van der Waals surface area contributed by atoms with Gasteiger partial charge in [0.05, 0.1) is 6.61 Å². The number of nitrogens with zero attached hydrogens (tertiary/aromatic N) is 1. The number of thiocarbonyl (C=S) groups is 1. The highest BCUT2D eigenvalue weighted by molar-refractivity contribution is 7.80. The number of aromatic nitrogens is 1. The fraction of sp³-hybridized carbons (Fsp3) is 0.500. The molecule has 16 heavy (non-hydrogen) atoms. The predicted octanol–water partition coefficient (Wildman–Crippen LogP) is 2.53. The first-order chi connectivity index (χ1) is 7.63. The Bertz CT molecular complexity index is 337. The second-order valence-electron chi connectivity index (χ2n) is 3.95. The Morgan fingerprint density at radius 2 is 2.31 bits per heavy atom. The summed E-state index contributed by atoms with van der Waals surface area (Å²) in [5.41, 5.74) is 6.24. The zero-order valence-corrected chi connectivity index (χ0v) is 10.6. The first-order valence-corrected chi connectivity index (χ1v) is 5.93. The van der Waals surface area contributed by atoms with E-state index in [1.165, 1.54) is 12.8 Å². The molecule has 0 saturated heterocycles. The van der Waals surface area contributed by atoms with Gasteiger partial charge in [-0.3, -0.25) is 0 Å². The summed E-state index contributed by atoms with van der Waals surface area (Å²) in [6.07, 6.45) is 3.99. The van der Waals surface area contributed by atoms with Crippen LogP contribution in [0.15, 0.2) is 18.3 Å². The minimum absolute atomic E-state index is 0.360. The van der Waals surface area contributed by atoms with Gasteiger partial charge in [0.1, 0.15) is 4.99 Å². The summed E-state index contributed by atoms with van der Waals surface area (Å²) in [6.45, 7) is 5.05. The van der Waals surface area contributed by atoms with Gasteiger partial charge >= 0.3 is 0 Å². The van der Waals surface area contributed by atoms with E-state index in [-0.39, 0.29) is 0 Å². The van der Waals surface area contributed by atoms with E-state index in [2.05, 4.69) is 18.8 Å². The van der Waals surface area contributed by atoms with Gasteiger partial charge < -0.3 is 10.5 Å². The van der Waals surface area contributed by atoms with Crippen molar-refractivity contribution in [3.05, 3.63) is 23.9 Å². The summed E-state index contributed by atoms with van der Waals surface area (Å²) in [5.74, 6) is 1.19. The van der Waals surface area contributed by atoms with E-state index in [4.69, 9.17) is 22.7 Å². The van der Waals surface area contributed by atoms with E-state index >= 15 is 0 Å². The average molecular weight is 238 g/mol. The van der Waals surface area contributed by atoms with Gasteiger partial charge in [0.15, 0.2) is 0 Å². The number of rotatable bonds is 6. The maximum absolute atomic E-state index is 5.56. The Kier molecular flexibility index (Phi) is 5.19. The second kappa shape index (κ2) is 6.43. The predicted molar refractivity (Wildman–Crippen MR) is 69.7 cm³/mol. The van der Waals surface area contributed by atoms with Crippen molar-refractivity contribution in [2.45, 2.75) is 26.7 Å². The average Bonchev–Trinajstić information content (AvgIpc) is 2.27. The minimum atomic E-state index is 0.360. The third-order valence-electron chi connectivity index (χ3n) is 2.32. The molecular formula is C12H18N2OS. The van der Waals surface area contributed by atoms with Crippen molar-refractivity contribution >= 4 is 17.2 Å². The molecule has 1 rings (SSSR count). The fourth-order valence-corrected chi connectivity index (χ4v) is 1.54. The van der Waals surface area contributed by atoms with Crippen molar-refractivity contribution in [3.63, 3.8) is 0 Å². The van der Waals surface area contributed by atoms with Gasteiger partial charge in [0.2, 0.25) is 5.88 Å². The van der Waals surface area contributed by atoms with Crippen LogP contribution in [0.4, 0.5) is 0 Å². The van der Waals surface area contributed by atoms with E-state index in [9.17, 15) is 0 Å². The van der Waals surface area contributed by atoms with E-state index in [1.54, 1.807) is 12.3 Å². The Balaban J connectivity index is 2.46. The molecular weight excluding hydrogens is 220 g/mol. The van der Waals surface area contributed by atoms with E-state index in [1.807, 2.05) is 6.07 Å². The Labute approximate surface area is 102 Å². The van der Waals surface area contributed by atoms with E-state index < -0.39 is 0 Å². The molecule has 0 aliphatic heterocycles. The summed E-state index contributed by atoms with van der Waals surface area (Å²) in [6, 6.07) is 3.63. The molecule has 0 aromatic carbocycles. The van der Waals surface area contributed by atoms with Crippen molar-refractivity contribution in [2.75, 3.05) is 6.61 Å². The van der Waals surface area contributed by atoms with Gasteiger partial charge in [0.25, 0.3) is 0 Å². The monoisotopic (exact) mass is 238 g/mol. The lowest BCUT2D eigenvalue weighted by Crippen LogP contribution is -2.11. The summed E-state index contributed by atoms with van der Waals surface area (Å²) in [4.78, 5) is 4.50. The topological polar surface area (TPSA) is 48.1 Å². The summed E-state index contributed by atoms with van der Waals surface area (Å²) >= 11 is 4.84. The number of hydrogen-bond donors (Lipinski definition) is 1. The highest BCUT2D eigenvalue weighted by atomic mass is 32.1. The largest absolute Gasteiger partial charge is 0.477 e. The van der Waals surface area contributed by atoms with Crippen molar-refractivity contribution < 1.29 is 4.74 Å². The SMILES string of the molecule is CCCC(C)COc1ccc(C(N)=S)cn1. The molecule has 0 spiro atoms. The molecule has 0 saturated carbocycles. The van der Waals surface area contributed by atoms with Gasteiger partial charge in [-0.15, -0.1) is 0 Å². The van der Waals surface area contributed by atoms with E-state index in [0.29, 0.717) is 23.4 Å². The van der Waals surface area contributed by atoms with Crippen LogP contribution in [0.25, 0.3) is 0 Å². The van der Waals surface area contributed by atoms with Crippen molar-refractivity contribution in [1.29, 1.82) is 0 Å². The lowest BCUT2D eigenvalue weighted by Gasteiger charge is -2.11. The van der Waals surface area contributed by atoms with Gasteiger partial charge in [-0.25, -0.2) is 4.98 Å². The summed E-state index contributed by atoms with van der Waals surface area (Å²) in [7, 11) is 0.